The molecule has 0 spiro atoms. The van der Waals surface area contributed by atoms with Crippen molar-refractivity contribution in [1.29, 1.82) is 0 Å². The lowest BCUT2D eigenvalue weighted by Gasteiger charge is -2.33. The molecule has 15 heteroatoms. The van der Waals surface area contributed by atoms with Gasteiger partial charge in [0.1, 0.15) is 23.0 Å². The summed E-state index contributed by atoms with van der Waals surface area (Å²) in [6.07, 6.45) is 0. The summed E-state index contributed by atoms with van der Waals surface area (Å²) in [6.45, 7) is 16.9. The molecule has 12 nitrogen and oxygen atoms in total. The number of alkyl halides is 1. The molecule has 0 unspecified atom stereocenters. The van der Waals surface area contributed by atoms with Gasteiger partial charge in [-0.25, -0.2) is 0 Å². The molecule has 0 atom stereocenters. The number of amides is 4. The van der Waals surface area contributed by atoms with Crippen molar-refractivity contribution in [3.05, 3.63) is 70.8 Å². The Kier molecular flexibility index (Phi) is 20.2. The molecule has 4 aromatic rings. The highest BCUT2D eigenvalue weighted by molar-refractivity contribution is 7.99. The Labute approximate surface area is 387 Å². The Balaban J connectivity index is 0.000000248. The Bertz CT molecular complexity index is 2090. The summed E-state index contributed by atoms with van der Waals surface area (Å²) >= 11 is 9.14. The van der Waals surface area contributed by atoms with Crippen molar-refractivity contribution < 1.29 is 42.6 Å². The highest BCUT2D eigenvalue weighted by atomic mass is 35.5. The Morgan fingerprint density at radius 2 is 0.873 bits per heavy atom. The normalized spacial score (nSPS) is 13.3. The van der Waals surface area contributed by atoms with Crippen LogP contribution in [0.3, 0.4) is 0 Å². The first-order valence-electron chi connectivity index (χ1n) is 21.9. The molecule has 0 saturated carbocycles. The first-order valence-corrected chi connectivity index (χ1v) is 24.7. The number of halogens is 1. The van der Waals surface area contributed by atoms with Crippen LogP contribution < -0.4 is 18.9 Å². The summed E-state index contributed by atoms with van der Waals surface area (Å²) in [7, 11) is 8.12. The number of hydrogen-bond donors (Lipinski definition) is 0. The van der Waals surface area contributed by atoms with Gasteiger partial charge < -0.3 is 28.3 Å². The van der Waals surface area contributed by atoms with Crippen LogP contribution in [0.5, 0.6) is 23.0 Å². The highest BCUT2D eigenvalue weighted by Crippen LogP contribution is 2.42. The molecule has 344 valence electrons. The Hall–Kier alpha value is -4.21. The van der Waals surface area contributed by atoms with Gasteiger partial charge in [0.05, 0.1) is 70.9 Å². The van der Waals surface area contributed by atoms with Crippen molar-refractivity contribution in [1.82, 2.24) is 14.7 Å². The Morgan fingerprint density at radius 1 is 0.524 bits per heavy atom. The van der Waals surface area contributed by atoms with Crippen molar-refractivity contribution in [2.75, 3.05) is 116 Å². The van der Waals surface area contributed by atoms with Crippen molar-refractivity contribution >= 4 is 80.3 Å². The number of ether oxygens (including phenoxy) is 4. The standard InChI is InChI=1S/C24H33N2O4S.C20H24N2O4.C4H9ClS/c1-6-29-19-11-9-17-21-18(10-12-20(22(19)21)30-7-2)24(28)25(23(17)27)13-14-26(4,5)15-16-31-8-3;1-5-25-15-9-7-13-17-14(8-10-16(18(15)17)26-6-2)20(24)22(19(13)23)12-11-21(3)4;1-2-6-4-3-5/h9-12H,6-8,13-16H2,1-5H3;7-10H,5-6,11-12H2,1-4H3;2-4H2,1H3/q+1;;. The molecule has 2 aliphatic rings. The van der Waals surface area contributed by atoms with Gasteiger partial charge in [-0.1, -0.05) is 13.8 Å². The SMILES string of the molecule is CCOc1ccc2c3c(ccc(OCC)c13)C(=O)N(CCN(C)C)C2=O.CCOc1ccc2c3c(ccc(OCC)c13)C(=O)N(CC[N+](C)(C)CCSCC)C2=O.CCSCCCl. The van der Waals surface area contributed by atoms with E-state index >= 15 is 0 Å². The minimum absolute atomic E-state index is 0.248. The van der Waals surface area contributed by atoms with Crippen LogP contribution >= 0.6 is 35.1 Å². The summed E-state index contributed by atoms with van der Waals surface area (Å²) in [5.41, 5.74) is 2.08. The zero-order valence-electron chi connectivity index (χ0n) is 38.8. The fourth-order valence-electron chi connectivity index (χ4n) is 7.29. The van der Waals surface area contributed by atoms with Gasteiger partial charge in [0, 0.05) is 63.5 Å². The fourth-order valence-corrected chi connectivity index (χ4v) is 8.93. The molecular formula is C48H66ClN4O8S2+. The number of imide groups is 2. The van der Waals surface area contributed by atoms with Crippen molar-refractivity contribution in [3.8, 4) is 23.0 Å². The van der Waals surface area contributed by atoms with Crippen LogP contribution in [-0.2, 0) is 0 Å². The molecule has 4 aromatic carbocycles. The van der Waals surface area contributed by atoms with Crippen molar-refractivity contribution in [2.45, 2.75) is 41.5 Å². The molecule has 0 N–H and O–H groups in total. The molecular weight excluding hydrogens is 860 g/mol. The highest BCUT2D eigenvalue weighted by Gasteiger charge is 2.37. The van der Waals surface area contributed by atoms with Gasteiger partial charge in [0.15, 0.2) is 0 Å². The van der Waals surface area contributed by atoms with E-state index in [9.17, 15) is 19.2 Å². The average Bonchev–Trinajstić information content (AvgIpc) is 3.25. The second-order valence-corrected chi connectivity index (χ2v) is 18.6. The van der Waals surface area contributed by atoms with Gasteiger partial charge in [0.25, 0.3) is 23.6 Å². The van der Waals surface area contributed by atoms with Crippen LogP contribution in [-0.4, -0.2) is 159 Å². The number of quaternary nitrogens is 1. The van der Waals surface area contributed by atoms with E-state index in [1.54, 1.807) is 48.5 Å². The number of benzene rings is 4. The lowest BCUT2D eigenvalue weighted by Crippen LogP contribution is -2.50. The van der Waals surface area contributed by atoms with Gasteiger partial charge in [-0.2, -0.15) is 23.5 Å². The Morgan fingerprint density at radius 3 is 1.17 bits per heavy atom. The molecule has 0 radical (unpaired) electrons. The van der Waals surface area contributed by atoms with E-state index in [0.29, 0.717) is 119 Å². The molecule has 0 saturated heterocycles. The van der Waals surface area contributed by atoms with Crippen molar-refractivity contribution in [3.63, 3.8) is 0 Å². The third kappa shape index (κ3) is 12.5. The number of likely N-dealkylation sites (N-methyl/N-ethyl adjacent to an activating group) is 2. The maximum atomic E-state index is 13.3. The molecule has 0 aliphatic carbocycles. The second kappa shape index (κ2) is 24.7. The molecule has 6 rings (SSSR count). The number of hydrogen-bond acceptors (Lipinski definition) is 11. The summed E-state index contributed by atoms with van der Waals surface area (Å²) in [6, 6.07) is 14.2. The molecule has 0 bridgehead atoms. The van der Waals surface area contributed by atoms with Crippen LogP contribution in [0.15, 0.2) is 48.5 Å². The number of nitrogens with zero attached hydrogens (tertiary/aromatic N) is 4. The van der Waals surface area contributed by atoms with Crippen molar-refractivity contribution in [2.24, 2.45) is 0 Å². The zero-order chi connectivity index (χ0) is 46.3. The number of rotatable bonds is 21. The van der Waals surface area contributed by atoms with Crippen LogP contribution in [0.4, 0.5) is 0 Å². The number of carbonyl (C=O) groups is 4. The molecule has 0 fully saturated rings. The third-order valence-electron chi connectivity index (χ3n) is 10.4. The first-order chi connectivity index (χ1) is 30.2. The molecule has 63 heavy (non-hydrogen) atoms. The number of thioether (sulfide) groups is 2. The topological polar surface area (TPSA) is 115 Å². The molecule has 2 heterocycles. The molecule has 4 amide bonds. The van der Waals surface area contributed by atoms with Gasteiger partial charge in [-0.15, -0.1) is 11.6 Å². The molecule has 0 aromatic heterocycles. The minimum atomic E-state index is -0.272. The van der Waals surface area contributed by atoms with Crippen LogP contribution in [0, 0.1) is 0 Å². The van der Waals surface area contributed by atoms with Gasteiger partial charge in [-0.05, 0) is 102 Å². The third-order valence-corrected chi connectivity index (χ3v) is 12.6. The van der Waals surface area contributed by atoms with E-state index < -0.39 is 0 Å². The summed E-state index contributed by atoms with van der Waals surface area (Å²) < 4.78 is 23.8. The lowest BCUT2D eigenvalue weighted by molar-refractivity contribution is -0.887. The van der Waals surface area contributed by atoms with Gasteiger partial charge in [0.2, 0.25) is 0 Å². The quantitative estimate of drug-likeness (QED) is 0.0346. The van der Waals surface area contributed by atoms with Gasteiger partial charge >= 0.3 is 0 Å². The minimum Gasteiger partial charge on any atom is -0.493 e. The summed E-state index contributed by atoms with van der Waals surface area (Å²) in [5, 5.41) is 2.65. The second-order valence-electron chi connectivity index (χ2n) is 15.5. The maximum Gasteiger partial charge on any atom is 0.261 e. The maximum absolute atomic E-state index is 13.3. The zero-order valence-corrected chi connectivity index (χ0v) is 41.2. The van der Waals surface area contributed by atoms with E-state index in [2.05, 4.69) is 27.9 Å². The average molecular weight is 927 g/mol. The predicted molar refractivity (Wildman–Crippen MR) is 260 cm³/mol. The van der Waals surface area contributed by atoms with E-state index in [1.165, 1.54) is 15.6 Å². The van der Waals surface area contributed by atoms with Gasteiger partial charge in [-0.3, -0.25) is 29.0 Å². The monoisotopic (exact) mass is 925 g/mol. The summed E-state index contributed by atoms with van der Waals surface area (Å²) in [5.74, 6) is 6.70. The van der Waals surface area contributed by atoms with Crippen LogP contribution in [0.25, 0.3) is 21.5 Å². The van der Waals surface area contributed by atoms with Crippen LogP contribution in [0.2, 0.25) is 0 Å². The summed E-state index contributed by atoms with van der Waals surface area (Å²) in [4.78, 5) is 57.3. The predicted octanol–water partition coefficient (Wildman–Crippen LogP) is 8.84. The lowest BCUT2D eigenvalue weighted by atomic mass is 9.92. The largest absolute Gasteiger partial charge is 0.493 e. The number of carbonyl (C=O) groups excluding carboxylic acids is 4. The smallest absolute Gasteiger partial charge is 0.261 e. The van der Waals surface area contributed by atoms with E-state index in [4.69, 9.17) is 30.5 Å². The van der Waals surface area contributed by atoms with E-state index in [1.807, 2.05) is 70.2 Å². The van der Waals surface area contributed by atoms with Crippen LogP contribution in [0.1, 0.15) is 83.0 Å². The van der Waals surface area contributed by atoms with E-state index in [0.717, 1.165) is 34.2 Å². The molecule has 2 aliphatic heterocycles. The fraction of sp³-hybridized carbons (Fsp3) is 0.500. The van der Waals surface area contributed by atoms with E-state index in [-0.39, 0.29) is 23.6 Å². The first kappa shape index (κ1) is 51.4.